The molecule has 1 atom stereocenters. The molecule has 1 N–H and O–H groups in total. The van der Waals surface area contributed by atoms with Crippen molar-refractivity contribution >= 4 is 39.0 Å². The van der Waals surface area contributed by atoms with Gasteiger partial charge in [-0.3, -0.25) is 0 Å². The Bertz CT molecular complexity index is 895. The molecule has 2 heterocycles. The van der Waals surface area contributed by atoms with Crippen molar-refractivity contribution in [3.63, 3.8) is 0 Å². The van der Waals surface area contributed by atoms with E-state index in [2.05, 4.69) is 38.4 Å². The molecule has 0 aliphatic carbocycles. The lowest BCUT2D eigenvalue weighted by Crippen LogP contribution is -2.34. The zero-order chi connectivity index (χ0) is 17.9. The van der Waals surface area contributed by atoms with Gasteiger partial charge in [-0.1, -0.05) is 46.3 Å². The molecule has 1 saturated heterocycles. The van der Waals surface area contributed by atoms with Crippen LogP contribution in [0.2, 0.25) is 0 Å². The van der Waals surface area contributed by atoms with Crippen LogP contribution < -0.4 is 5.32 Å². The number of hydrogen-bond acceptors (Lipinski definition) is 3. The molecule has 1 aromatic heterocycles. The first kappa shape index (κ1) is 17.2. The van der Waals surface area contributed by atoms with Crippen molar-refractivity contribution < 1.29 is 4.79 Å². The van der Waals surface area contributed by atoms with Gasteiger partial charge < -0.3 is 10.2 Å². The Balaban J connectivity index is 1.50. The van der Waals surface area contributed by atoms with E-state index in [0.717, 1.165) is 39.4 Å². The third-order valence-electron chi connectivity index (χ3n) is 4.48. The first-order valence-electron chi connectivity index (χ1n) is 8.55. The predicted octanol–water partition coefficient (Wildman–Crippen LogP) is 5.94. The molecule has 1 aliphatic rings. The van der Waals surface area contributed by atoms with Gasteiger partial charge >= 0.3 is 6.03 Å². The van der Waals surface area contributed by atoms with Crippen LogP contribution in [0.4, 0.5) is 10.5 Å². The lowest BCUT2D eigenvalue weighted by Gasteiger charge is -2.23. The molecular weight excluding hydrogens is 410 g/mol. The Hall–Kier alpha value is -2.18. The van der Waals surface area contributed by atoms with Gasteiger partial charge in [-0.2, -0.15) is 0 Å². The quantitative estimate of drug-likeness (QED) is 0.561. The molecule has 2 amide bonds. The van der Waals surface area contributed by atoms with Crippen molar-refractivity contribution in [1.29, 1.82) is 0 Å². The van der Waals surface area contributed by atoms with E-state index >= 15 is 0 Å². The van der Waals surface area contributed by atoms with Crippen molar-refractivity contribution in [2.24, 2.45) is 0 Å². The molecule has 2 aromatic carbocycles. The van der Waals surface area contributed by atoms with Gasteiger partial charge in [-0.25, -0.2) is 9.78 Å². The molecule has 132 valence electrons. The smallest absolute Gasteiger partial charge is 0.315 e. The van der Waals surface area contributed by atoms with Gasteiger partial charge in [0.15, 0.2) is 0 Å². The molecule has 1 fully saturated rings. The summed E-state index contributed by atoms with van der Waals surface area (Å²) in [5.41, 5.74) is 1.97. The second kappa shape index (κ2) is 7.60. The summed E-state index contributed by atoms with van der Waals surface area (Å²) in [4.78, 5) is 20.4. The Kier molecular flexibility index (Phi) is 5.04. The van der Waals surface area contributed by atoms with E-state index in [0.29, 0.717) is 0 Å². The summed E-state index contributed by atoms with van der Waals surface area (Å²) in [5.74, 6) is 0. The zero-order valence-electron chi connectivity index (χ0n) is 14.1. The van der Waals surface area contributed by atoms with Crippen LogP contribution >= 0.6 is 27.3 Å². The van der Waals surface area contributed by atoms with Crippen LogP contribution in [0.1, 0.15) is 23.9 Å². The third-order valence-corrected chi connectivity index (χ3v) is 6.15. The number of thiazole rings is 1. The van der Waals surface area contributed by atoms with Crippen molar-refractivity contribution in [1.82, 2.24) is 9.88 Å². The SMILES string of the molecule is O=C(Nc1ccc(Br)cc1)N1CCC[C@H]1c1ncc(-c2ccccc2)s1. The third kappa shape index (κ3) is 3.66. The lowest BCUT2D eigenvalue weighted by molar-refractivity contribution is 0.207. The number of carbonyl (C=O) groups excluding carboxylic acids is 1. The van der Waals surface area contributed by atoms with Gasteiger partial charge in [-0.05, 0) is 42.7 Å². The van der Waals surface area contributed by atoms with E-state index in [-0.39, 0.29) is 12.1 Å². The normalized spacial score (nSPS) is 16.7. The van der Waals surface area contributed by atoms with Gasteiger partial charge in [0.05, 0.1) is 10.9 Å². The summed E-state index contributed by atoms with van der Waals surface area (Å²) >= 11 is 5.08. The summed E-state index contributed by atoms with van der Waals surface area (Å²) < 4.78 is 0.991. The number of halogens is 1. The van der Waals surface area contributed by atoms with Gasteiger partial charge in [-0.15, -0.1) is 11.3 Å². The summed E-state index contributed by atoms with van der Waals surface area (Å²) in [6, 6.07) is 17.9. The molecule has 0 spiro atoms. The van der Waals surface area contributed by atoms with Crippen LogP contribution in [0.15, 0.2) is 65.3 Å². The Morgan fingerprint density at radius 1 is 1.15 bits per heavy atom. The van der Waals surface area contributed by atoms with Crippen LogP contribution in [-0.2, 0) is 0 Å². The number of likely N-dealkylation sites (tertiary alicyclic amines) is 1. The molecule has 0 radical (unpaired) electrons. The number of rotatable bonds is 3. The standard InChI is InChI=1S/C20H18BrN3OS/c21-15-8-10-16(11-9-15)23-20(25)24-12-4-7-17(24)19-22-13-18(26-19)14-5-2-1-3-6-14/h1-3,5-6,8-11,13,17H,4,7,12H2,(H,23,25)/t17-/m0/s1. The topological polar surface area (TPSA) is 45.2 Å². The minimum atomic E-state index is -0.0636. The molecule has 0 saturated carbocycles. The van der Waals surface area contributed by atoms with Crippen LogP contribution in [0.5, 0.6) is 0 Å². The fraction of sp³-hybridized carbons (Fsp3) is 0.200. The highest BCUT2D eigenvalue weighted by Gasteiger charge is 2.32. The maximum absolute atomic E-state index is 12.7. The Morgan fingerprint density at radius 2 is 1.92 bits per heavy atom. The van der Waals surface area contributed by atoms with Crippen molar-refractivity contribution in [3.8, 4) is 10.4 Å². The molecule has 26 heavy (non-hydrogen) atoms. The Morgan fingerprint density at radius 3 is 2.69 bits per heavy atom. The number of nitrogens with zero attached hydrogens (tertiary/aromatic N) is 2. The van der Waals surface area contributed by atoms with E-state index in [4.69, 9.17) is 0 Å². The first-order valence-corrected chi connectivity index (χ1v) is 10.2. The van der Waals surface area contributed by atoms with Crippen LogP contribution in [0, 0.1) is 0 Å². The fourth-order valence-electron chi connectivity index (χ4n) is 3.17. The summed E-state index contributed by atoms with van der Waals surface area (Å²) in [6.07, 6.45) is 3.87. The van der Waals surface area contributed by atoms with Crippen LogP contribution in [0.25, 0.3) is 10.4 Å². The minimum Gasteiger partial charge on any atom is -0.315 e. The highest BCUT2D eigenvalue weighted by Crippen LogP contribution is 2.37. The second-order valence-corrected chi connectivity index (χ2v) is 8.20. The monoisotopic (exact) mass is 427 g/mol. The van der Waals surface area contributed by atoms with Gasteiger partial charge in [0.1, 0.15) is 5.01 Å². The number of aromatic nitrogens is 1. The van der Waals surface area contributed by atoms with Gasteiger partial charge in [0, 0.05) is 22.9 Å². The van der Waals surface area contributed by atoms with Crippen LogP contribution in [-0.4, -0.2) is 22.5 Å². The molecule has 3 aromatic rings. The zero-order valence-corrected chi connectivity index (χ0v) is 16.5. The van der Waals surface area contributed by atoms with E-state index in [9.17, 15) is 4.79 Å². The van der Waals surface area contributed by atoms with Gasteiger partial charge in [0.25, 0.3) is 0 Å². The molecular formula is C20H18BrN3OS. The average Bonchev–Trinajstić information content (AvgIpc) is 3.33. The maximum atomic E-state index is 12.7. The fourth-order valence-corrected chi connectivity index (χ4v) is 4.51. The number of benzene rings is 2. The van der Waals surface area contributed by atoms with Crippen molar-refractivity contribution in [2.45, 2.75) is 18.9 Å². The summed E-state index contributed by atoms with van der Waals surface area (Å²) in [6.45, 7) is 0.757. The average molecular weight is 428 g/mol. The Labute approximate surface area is 165 Å². The number of carbonyl (C=O) groups is 1. The molecule has 0 unspecified atom stereocenters. The molecule has 1 aliphatic heterocycles. The van der Waals surface area contributed by atoms with Gasteiger partial charge in [0.2, 0.25) is 0 Å². The molecule has 4 rings (SSSR count). The largest absolute Gasteiger partial charge is 0.322 e. The maximum Gasteiger partial charge on any atom is 0.322 e. The highest BCUT2D eigenvalue weighted by molar-refractivity contribution is 9.10. The predicted molar refractivity (Wildman–Crippen MR) is 109 cm³/mol. The molecule has 6 heteroatoms. The number of anilines is 1. The van der Waals surface area contributed by atoms with E-state index in [1.54, 1.807) is 11.3 Å². The van der Waals surface area contributed by atoms with E-state index in [1.165, 1.54) is 5.56 Å². The van der Waals surface area contributed by atoms with Crippen molar-refractivity contribution in [2.75, 3.05) is 11.9 Å². The first-order chi connectivity index (χ1) is 12.7. The minimum absolute atomic E-state index is 0.0490. The summed E-state index contributed by atoms with van der Waals surface area (Å²) in [7, 11) is 0. The summed E-state index contributed by atoms with van der Waals surface area (Å²) in [5, 5.41) is 4.00. The number of urea groups is 1. The second-order valence-electron chi connectivity index (χ2n) is 6.22. The van der Waals surface area contributed by atoms with E-state index in [1.807, 2.05) is 53.6 Å². The van der Waals surface area contributed by atoms with Crippen molar-refractivity contribution in [3.05, 3.63) is 70.3 Å². The number of hydrogen-bond donors (Lipinski definition) is 1. The number of amides is 2. The van der Waals surface area contributed by atoms with E-state index < -0.39 is 0 Å². The molecule has 0 bridgehead atoms. The van der Waals surface area contributed by atoms with Crippen LogP contribution in [0.3, 0.4) is 0 Å². The molecule has 4 nitrogen and oxygen atoms in total. The number of nitrogens with one attached hydrogen (secondary N) is 1. The lowest BCUT2D eigenvalue weighted by atomic mass is 10.2. The highest BCUT2D eigenvalue weighted by atomic mass is 79.9.